The summed E-state index contributed by atoms with van der Waals surface area (Å²) in [6.45, 7) is 6.45. The Hall–Kier alpha value is -1.12. The van der Waals surface area contributed by atoms with Gasteiger partial charge in [0, 0.05) is 59.1 Å². The second-order valence-electron chi connectivity index (χ2n) is 6.79. The molecule has 1 aromatic heterocycles. The maximum absolute atomic E-state index is 11.7. The van der Waals surface area contributed by atoms with Gasteiger partial charge in [-0.05, 0) is 18.8 Å². The Balaban J connectivity index is 1.49. The smallest absolute Gasteiger partial charge is 0.211 e. The number of piperidine rings is 1. The normalized spacial score (nSPS) is 25.0. The molecule has 1 atom stereocenters. The first-order valence-electron chi connectivity index (χ1n) is 8.33. The van der Waals surface area contributed by atoms with Crippen molar-refractivity contribution in [3.05, 3.63) is 12.4 Å². The Labute approximate surface area is 138 Å². The maximum Gasteiger partial charge on any atom is 0.211 e. The summed E-state index contributed by atoms with van der Waals surface area (Å²) in [6, 6.07) is 0. The van der Waals surface area contributed by atoms with Crippen LogP contribution in [0.5, 0.6) is 0 Å². The lowest BCUT2D eigenvalue weighted by Crippen LogP contribution is -2.50. The number of hydrogen-bond donors (Lipinski definition) is 0. The van der Waals surface area contributed by atoms with E-state index >= 15 is 0 Å². The molecule has 2 aliphatic rings. The van der Waals surface area contributed by atoms with E-state index in [1.54, 1.807) is 4.31 Å². The first kappa shape index (κ1) is 16.7. The number of hydrogen-bond acceptors (Lipinski definition) is 5. The molecule has 2 saturated heterocycles. The van der Waals surface area contributed by atoms with Crippen molar-refractivity contribution < 1.29 is 8.42 Å². The molecule has 0 N–H and O–H groups in total. The Kier molecular flexibility index (Phi) is 4.93. The molecular formula is C15H27N5O2S. The number of rotatable bonds is 4. The van der Waals surface area contributed by atoms with E-state index in [2.05, 4.69) is 21.1 Å². The lowest BCUT2D eigenvalue weighted by Gasteiger charge is -2.39. The first-order valence-corrected chi connectivity index (χ1v) is 10.2. The molecule has 2 aliphatic heterocycles. The van der Waals surface area contributed by atoms with Crippen LogP contribution in [0.1, 0.15) is 12.8 Å². The van der Waals surface area contributed by atoms with Gasteiger partial charge < -0.3 is 4.90 Å². The Morgan fingerprint density at radius 1 is 1.22 bits per heavy atom. The van der Waals surface area contributed by atoms with Gasteiger partial charge in [0.15, 0.2) is 0 Å². The van der Waals surface area contributed by atoms with Crippen LogP contribution < -0.4 is 4.90 Å². The largest absolute Gasteiger partial charge is 0.366 e. The molecule has 0 aliphatic carbocycles. The molecule has 3 rings (SSSR count). The van der Waals surface area contributed by atoms with Gasteiger partial charge in [0.25, 0.3) is 0 Å². The van der Waals surface area contributed by atoms with Crippen LogP contribution in [0.25, 0.3) is 0 Å². The van der Waals surface area contributed by atoms with Crippen LogP contribution in [0.3, 0.4) is 0 Å². The van der Waals surface area contributed by atoms with Gasteiger partial charge in [-0.25, -0.2) is 12.7 Å². The average Bonchev–Trinajstić information content (AvgIpc) is 2.94. The summed E-state index contributed by atoms with van der Waals surface area (Å²) in [5, 5.41) is 4.23. The zero-order valence-corrected chi connectivity index (χ0v) is 14.9. The minimum Gasteiger partial charge on any atom is -0.366 e. The van der Waals surface area contributed by atoms with Gasteiger partial charge in [-0.1, -0.05) is 0 Å². The predicted octanol–water partition coefficient (Wildman–Crippen LogP) is 0.214. The molecule has 0 saturated carbocycles. The molecule has 0 aromatic carbocycles. The van der Waals surface area contributed by atoms with Gasteiger partial charge in [0.05, 0.1) is 18.1 Å². The minimum atomic E-state index is -3.04. The molecule has 3 heterocycles. The SMILES string of the molecule is Cn1cc(N2CCN(C[C@@H]3CCCN(S(C)(=O)=O)C3)CC2)cn1. The third kappa shape index (κ3) is 4.24. The molecule has 8 heteroatoms. The van der Waals surface area contributed by atoms with E-state index in [9.17, 15) is 8.42 Å². The Morgan fingerprint density at radius 3 is 2.57 bits per heavy atom. The third-order valence-electron chi connectivity index (χ3n) is 4.90. The molecular weight excluding hydrogens is 314 g/mol. The predicted molar refractivity (Wildman–Crippen MR) is 91.0 cm³/mol. The van der Waals surface area contributed by atoms with Crippen molar-refractivity contribution in [1.82, 2.24) is 19.0 Å². The van der Waals surface area contributed by atoms with E-state index in [0.29, 0.717) is 19.0 Å². The van der Waals surface area contributed by atoms with E-state index < -0.39 is 10.0 Å². The first-order chi connectivity index (χ1) is 10.9. The quantitative estimate of drug-likeness (QED) is 0.784. The van der Waals surface area contributed by atoms with Gasteiger partial charge in [0.2, 0.25) is 10.0 Å². The summed E-state index contributed by atoms with van der Waals surface area (Å²) in [6.07, 6.45) is 7.41. The van der Waals surface area contributed by atoms with E-state index in [1.165, 1.54) is 11.9 Å². The van der Waals surface area contributed by atoms with Crippen molar-refractivity contribution in [1.29, 1.82) is 0 Å². The topological polar surface area (TPSA) is 61.7 Å². The van der Waals surface area contributed by atoms with Crippen LogP contribution in [0.2, 0.25) is 0 Å². The number of anilines is 1. The van der Waals surface area contributed by atoms with Crippen molar-refractivity contribution in [2.45, 2.75) is 12.8 Å². The van der Waals surface area contributed by atoms with Crippen LogP contribution in [0, 0.1) is 5.92 Å². The molecule has 0 unspecified atom stereocenters. The van der Waals surface area contributed by atoms with E-state index in [4.69, 9.17) is 0 Å². The van der Waals surface area contributed by atoms with Crippen molar-refractivity contribution in [3.63, 3.8) is 0 Å². The molecule has 0 spiro atoms. The van der Waals surface area contributed by atoms with Crippen LogP contribution in [0.4, 0.5) is 5.69 Å². The zero-order valence-electron chi connectivity index (χ0n) is 14.1. The maximum atomic E-state index is 11.7. The number of sulfonamides is 1. The fraction of sp³-hybridized carbons (Fsp3) is 0.800. The average molecular weight is 341 g/mol. The fourth-order valence-corrected chi connectivity index (χ4v) is 4.54. The molecule has 0 radical (unpaired) electrons. The molecule has 0 amide bonds. The van der Waals surface area contributed by atoms with Crippen molar-refractivity contribution in [3.8, 4) is 0 Å². The molecule has 2 fully saturated rings. The number of aryl methyl sites for hydroxylation is 1. The highest BCUT2D eigenvalue weighted by Crippen LogP contribution is 2.21. The van der Waals surface area contributed by atoms with Gasteiger partial charge in [-0.2, -0.15) is 5.10 Å². The van der Waals surface area contributed by atoms with Crippen molar-refractivity contribution in [2.24, 2.45) is 13.0 Å². The summed E-state index contributed by atoms with van der Waals surface area (Å²) < 4.78 is 26.9. The summed E-state index contributed by atoms with van der Waals surface area (Å²) >= 11 is 0. The number of aromatic nitrogens is 2. The molecule has 1 aromatic rings. The summed E-state index contributed by atoms with van der Waals surface area (Å²) in [7, 11) is -1.10. The van der Waals surface area contributed by atoms with Gasteiger partial charge in [0.1, 0.15) is 0 Å². The lowest BCUT2D eigenvalue weighted by atomic mass is 9.99. The van der Waals surface area contributed by atoms with E-state index in [0.717, 1.165) is 45.6 Å². The Morgan fingerprint density at radius 2 is 1.96 bits per heavy atom. The Bertz CT molecular complexity index is 622. The molecule has 23 heavy (non-hydrogen) atoms. The summed E-state index contributed by atoms with van der Waals surface area (Å²) in [4.78, 5) is 4.84. The highest BCUT2D eigenvalue weighted by molar-refractivity contribution is 7.88. The van der Waals surface area contributed by atoms with Crippen molar-refractivity contribution >= 4 is 15.7 Å². The lowest BCUT2D eigenvalue weighted by molar-refractivity contribution is 0.172. The molecule has 7 nitrogen and oxygen atoms in total. The van der Waals surface area contributed by atoms with Crippen LogP contribution in [0.15, 0.2) is 12.4 Å². The highest BCUT2D eigenvalue weighted by atomic mass is 32.2. The van der Waals surface area contributed by atoms with Crippen LogP contribution >= 0.6 is 0 Å². The second kappa shape index (κ2) is 6.78. The van der Waals surface area contributed by atoms with E-state index in [-0.39, 0.29) is 0 Å². The number of nitrogens with zero attached hydrogens (tertiary/aromatic N) is 5. The summed E-state index contributed by atoms with van der Waals surface area (Å²) in [5.41, 5.74) is 1.19. The molecule has 130 valence electrons. The van der Waals surface area contributed by atoms with Crippen LogP contribution in [-0.4, -0.2) is 79.5 Å². The van der Waals surface area contributed by atoms with E-state index in [1.807, 2.05) is 17.9 Å². The number of piperazine rings is 1. The highest BCUT2D eigenvalue weighted by Gasteiger charge is 2.28. The van der Waals surface area contributed by atoms with Gasteiger partial charge in [-0.3, -0.25) is 9.58 Å². The van der Waals surface area contributed by atoms with Gasteiger partial charge in [-0.15, -0.1) is 0 Å². The summed E-state index contributed by atoms with van der Waals surface area (Å²) in [5.74, 6) is 0.461. The third-order valence-corrected chi connectivity index (χ3v) is 6.17. The standard InChI is InChI=1S/C15H27N5O2S/c1-17-13-15(10-16-17)19-8-6-18(7-9-19)11-14-4-3-5-20(12-14)23(2,21)22/h10,13-14H,3-9,11-12H2,1-2H3/t14-/m0/s1. The van der Waals surface area contributed by atoms with Gasteiger partial charge >= 0.3 is 0 Å². The minimum absolute atomic E-state index is 0.461. The fourth-order valence-electron chi connectivity index (χ4n) is 3.60. The zero-order chi connectivity index (χ0) is 16.4. The van der Waals surface area contributed by atoms with Crippen molar-refractivity contribution in [2.75, 3.05) is 57.0 Å². The second-order valence-corrected chi connectivity index (χ2v) is 8.77. The molecule has 0 bridgehead atoms. The van der Waals surface area contributed by atoms with Crippen LogP contribution in [-0.2, 0) is 17.1 Å². The monoisotopic (exact) mass is 341 g/mol.